The Hall–Kier alpha value is -2.95. The molecule has 0 amide bonds. The fraction of sp³-hybridized carbons (Fsp3) is 0.296. The fourth-order valence-corrected chi connectivity index (χ4v) is 4.52. The molecule has 1 unspecified atom stereocenters. The van der Waals surface area contributed by atoms with Gasteiger partial charge >= 0.3 is 5.97 Å². The maximum absolute atomic E-state index is 11.2. The van der Waals surface area contributed by atoms with E-state index in [2.05, 4.69) is 103 Å². The minimum Gasteiger partial charge on any atom is -0.480 e. The van der Waals surface area contributed by atoms with Crippen molar-refractivity contribution in [3.63, 3.8) is 0 Å². The second-order valence-electron chi connectivity index (χ2n) is 8.51. The van der Waals surface area contributed by atoms with Crippen molar-refractivity contribution in [1.82, 2.24) is 9.80 Å². The van der Waals surface area contributed by atoms with E-state index in [1.54, 1.807) is 0 Å². The van der Waals surface area contributed by atoms with Gasteiger partial charge in [0, 0.05) is 25.7 Å². The number of hydrogen-bond acceptors (Lipinski definition) is 3. The van der Waals surface area contributed by atoms with Crippen LogP contribution < -0.4 is 0 Å². The topological polar surface area (TPSA) is 43.8 Å². The molecule has 4 nitrogen and oxygen atoms in total. The maximum Gasteiger partial charge on any atom is 0.317 e. The Labute approximate surface area is 184 Å². The zero-order chi connectivity index (χ0) is 21.8. The quantitative estimate of drug-likeness (QED) is 0.627. The van der Waals surface area contributed by atoms with Gasteiger partial charge in [-0.15, -0.1) is 0 Å². The van der Waals surface area contributed by atoms with E-state index in [1.165, 1.54) is 27.8 Å². The van der Waals surface area contributed by atoms with Gasteiger partial charge in [-0.2, -0.15) is 0 Å². The summed E-state index contributed by atoms with van der Waals surface area (Å²) in [4.78, 5) is 15.7. The van der Waals surface area contributed by atoms with Crippen LogP contribution in [0.2, 0.25) is 0 Å². The normalized spacial score (nSPS) is 18.6. The van der Waals surface area contributed by atoms with E-state index in [9.17, 15) is 9.90 Å². The van der Waals surface area contributed by atoms with E-state index in [0.29, 0.717) is 0 Å². The smallest absolute Gasteiger partial charge is 0.317 e. The predicted molar refractivity (Wildman–Crippen MR) is 125 cm³/mol. The fourth-order valence-electron chi connectivity index (χ4n) is 4.52. The van der Waals surface area contributed by atoms with Crippen LogP contribution in [0.1, 0.15) is 29.7 Å². The second kappa shape index (κ2) is 9.46. The first-order valence-electron chi connectivity index (χ1n) is 10.9. The molecule has 2 atom stereocenters. The summed E-state index contributed by atoms with van der Waals surface area (Å²) in [5.41, 5.74) is 6.24. The minimum absolute atomic E-state index is 0.107. The zero-order valence-electron chi connectivity index (χ0n) is 18.2. The largest absolute Gasteiger partial charge is 0.480 e. The molecule has 0 bridgehead atoms. The Bertz CT molecular complexity index is 1000. The van der Waals surface area contributed by atoms with Crippen molar-refractivity contribution in [1.29, 1.82) is 0 Å². The number of aliphatic carboxylic acids is 1. The van der Waals surface area contributed by atoms with Gasteiger partial charge in [0.1, 0.15) is 0 Å². The molecule has 4 rings (SSSR count). The van der Waals surface area contributed by atoms with E-state index < -0.39 is 5.97 Å². The molecule has 4 heteroatoms. The molecule has 3 aromatic rings. The van der Waals surface area contributed by atoms with E-state index in [4.69, 9.17) is 0 Å². The van der Waals surface area contributed by atoms with E-state index in [0.717, 1.165) is 19.6 Å². The minimum atomic E-state index is -0.758. The van der Waals surface area contributed by atoms with Crippen molar-refractivity contribution in [3.05, 3.63) is 95.6 Å². The molecule has 1 aliphatic heterocycles. The van der Waals surface area contributed by atoms with Crippen LogP contribution in [0.25, 0.3) is 11.1 Å². The van der Waals surface area contributed by atoms with Gasteiger partial charge in [-0.3, -0.25) is 14.6 Å². The van der Waals surface area contributed by atoms with Gasteiger partial charge < -0.3 is 5.11 Å². The van der Waals surface area contributed by atoms with Crippen molar-refractivity contribution < 1.29 is 9.90 Å². The van der Waals surface area contributed by atoms with Crippen LogP contribution >= 0.6 is 0 Å². The number of hydrogen-bond donors (Lipinski definition) is 1. The highest BCUT2D eigenvalue weighted by Gasteiger charge is 2.30. The first kappa shape index (κ1) is 21.3. The van der Waals surface area contributed by atoms with Crippen LogP contribution in [-0.2, 0) is 4.79 Å². The first-order chi connectivity index (χ1) is 15.0. The molecule has 1 saturated heterocycles. The average Bonchev–Trinajstić information content (AvgIpc) is 2.77. The molecule has 0 aliphatic carbocycles. The highest BCUT2D eigenvalue weighted by molar-refractivity contribution is 5.69. The van der Waals surface area contributed by atoms with Crippen LogP contribution in [0.4, 0.5) is 0 Å². The molecular formula is C27H30N2O2. The number of carbonyl (C=O) groups is 1. The lowest BCUT2D eigenvalue weighted by Crippen LogP contribution is -2.54. The summed E-state index contributed by atoms with van der Waals surface area (Å²) in [6.45, 7) is 6.78. The SMILES string of the molecule is Cc1ccc(-c2ccc(C(c3ccccc3)N3CCN(CC(=O)O)[C@H](C)C3)cc2)cc1. The number of aryl methyl sites for hydroxylation is 1. The van der Waals surface area contributed by atoms with Gasteiger partial charge in [0.25, 0.3) is 0 Å². The Balaban J connectivity index is 1.60. The van der Waals surface area contributed by atoms with Crippen molar-refractivity contribution in [2.75, 3.05) is 26.2 Å². The van der Waals surface area contributed by atoms with Gasteiger partial charge in [-0.05, 0) is 36.1 Å². The zero-order valence-corrected chi connectivity index (χ0v) is 18.2. The van der Waals surface area contributed by atoms with Crippen LogP contribution in [0.15, 0.2) is 78.9 Å². The Morgan fingerprint density at radius 1 is 0.903 bits per heavy atom. The van der Waals surface area contributed by atoms with E-state index >= 15 is 0 Å². The van der Waals surface area contributed by atoms with Crippen molar-refractivity contribution in [3.8, 4) is 11.1 Å². The van der Waals surface area contributed by atoms with E-state index in [1.807, 2.05) is 0 Å². The molecule has 0 radical (unpaired) electrons. The van der Waals surface area contributed by atoms with Crippen molar-refractivity contribution >= 4 is 5.97 Å². The summed E-state index contributed by atoms with van der Waals surface area (Å²) in [5.74, 6) is -0.758. The van der Waals surface area contributed by atoms with E-state index in [-0.39, 0.29) is 18.6 Å². The van der Waals surface area contributed by atoms with Gasteiger partial charge in [0.05, 0.1) is 12.6 Å². The van der Waals surface area contributed by atoms with Crippen LogP contribution in [-0.4, -0.2) is 53.1 Å². The monoisotopic (exact) mass is 414 g/mol. The lowest BCUT2D eigenvalue weighted by Gasteiger charge is -2.43. The molecular weight excluding hydrogens is 384 g/mol. The summed E-state index contributed by atoms with van der Waals surface area (Å²) in [5, 5.41) is 9.19. The number of carboxylic acids is 1. The third kappa shape index (κ3) is 5.04. The highest BCUT2D eigenvalue weighted by atomic mass is 16.4. The summed E-state index contributed by atoms with van der Waals surface area (Å²) < 4.78 is 0. The first-order valence-corrected chi connectivity index (χ1v) is 10.9. The number of benzene rings is 3. The van der Waals surface area contributed by atoms with Crippen molar-refractivity contribution in [2.24, 2.45) is 0 Å². The molecule has 160 valence electrons. The summed E-state index contributed by atoms with van der Waals surface area (Å²) in [6, 6.07) is 28.5. The molecule has 0 saturated carbocycles. The summed E-state index contributed by atoms with van der Waals surface area (Å²) in [6.07, 6.45) is 0. The predicted octanol–water partition coefficient (Wildman–Crippen LogP) is 4.84. The molecule has 1 N–H and O–H groups in total. The summed E-state index contributed by atoms with van der Waals surface area (Å²) >= 11 is 0. The number of piperazine rings is 1. The van der Waals surface area contributed by atoms with Gasteiger partial charge in [0.15, 0.2) is 0 Å². The number of rotatable bonds is 6. The molecule has 1 fully saturated rings. The van der Waals surface area contributed by atoms with Crippen LogP contribution in [0, 0.1) is 6.92 Å². The Morgan fingerprint density at radius 3 is 2.06 bits per heavy atom. The second-order valence-corrected chi connectivity index (χ2v) is 8.51. The van der Waals surface area contributed by atoms with Gasteiger partial charge in [-0.1, -0.05) is 84.4 Å². The molecule has 31 heavy (non-hydrogen) atoms. The summed E-state index contributed by atoms with van der Waals surface area (Å²) in [7, 11) is 0. The molecule has 1 heterocycles. The third-order valence-corrected chi connectivity index (χ3v) is 6.23. The van der Waals surface area contributed by atoms with Crippen LogP contribution in [0.3, 0.4) is 0 Å². The molecule has 0 spiro atoms. The van der Waals surface area contributed by atoms with Gasteiger partial charge in [0.2, 0.25) is 0 Å². The lowest BCUT2D eigenvalue weighted by molar-refractivity contribution is -0.139. The van der Waals surface area contributed by atoms with Gasteiger partial charge in [-0.25, -0.2) is 0 Å². The molecule has 1 aliphatic rings. The maximum atomic E-state index is 11.2. The Kier molecular flexibility index (Phi) is 6.50. The van der Waals surface area contributed by atoms with Crippen LogP contribution in [0.5, 0.6) is 0 Å². The highest BCUT2D eigenvalue weighted by Crippen LogP contribution is 2.32. The standard InChI is InChI=1S/C27H30N2O2/c1-20-8-10-22(11-9-20)23-12-14-25(15-13-23)27(24-6-4-3-5-7-24)29-17-16-28(19-26(30)31)21(2)18-29/h3-15,21,27H,16-19H2,1-2H3,(H,30,31)/t21-,27?/m1/s1. The third-order valence-electron chi connectivity index (χ3n) is 6.23. The molecule has 0 aromatic heterocycles. The lowest BCUT2D eigenvalue weighted by atomic mass is 9.93. The number of nitrogens with zero attached hydrogens (tertiary/aromatic N) is 2. The van der Waals surface area contributed by atoms with Crippen molar-refractivity contribution in [2.45, 2.75) is 25.9 Å². The number of carboxylic acid groups (broad SMARTS) is 1. The average molecular weight is 415 g/mol. The Morgan fingerprint density at radius 2 is 1.48 bits per heavy atom. The molecule has 3 aromatic carbocycles.